The first-order valence-corrected chi connectivity index (χ1v) is 9.94. The van der Waals surface area contributed by atoms with Crippen LogP contribution < -0.4 is 10.6 Å². The maximum absolute atomic E-state index is 13.1. The Kier molecular flexibility index (Phi) is 4.72. The van der Waals surface area contributed by atoms with Gasteiger partial charge in [0.05, 0.1) is 22.9 Å². The lowest BCUT2D eigenvalue weighted by Crippen LogP contribution is -2.51. The van der Waals surface area contributed by atoms with Gasteiger partial charge in [-0.3, -0.25) is 24.0 Å². The van der Waals surface area contributed by atoms with Crippen molar-refractivity contribution in [2.75, 3.05) is 5.32 Å². The van der Waals surface area contributed by atoms with E-state index in [9.17, 15) is 14.4 Å². The van der Waals surface area contributed by atoms with Gasteiger partial charge in [0.15, 0.2) is 0 Å². The van der Waals surface area contributed by atoms with E-state index in [1.165, 1.54) is 0 Å². The summed E-state index contributed by atoms with van der Waals surface area (Å²) in [5.41, 5.74) is 2.63. The Morgan fingerprint density at radius 1 is 1.23 bits per heavy atom. The van der Waals surface area contributed by atoms with Crippen molar-refractivity contribution in [2.24, 2.45) is 0 Å². The molecule has 3 heterocycles. The van der Waals surface area contributed by atoms with Gasteiger partial charge < -0.3 is 10.6 Å². The molecule has 0 aliphatic carbocycles. The predicted molar refractivity (Wildman–Crippen MR) is 112 cm³/mol. The molecule has 2 aromatic rings. The molecule has 2 aliphatic heterocycles. The molecule has 30 heavy (non-hydrogen) atoms. The Morgan fingerprint density at radius 2 is 2.00 bits per heavy atom. The number of nitrogens with one attached hydrogen (secondary N) is 2. The van der Waals surface area contributed by atoms with Crippen LogP contribution in [0, 0.1) is 0 Å². The highest BCUT2D eigenvalue weighted by Crippen LogP contribution is 2.33. The van der Waals surface area contributed by atoms with Crippen LogP contribution in [-0.4, -0.2) is 38.4 Å². The number of aromatic nitrogens is 2. The van der Waals surface area contributed by atoms with E-state index < -0.39 is 17.9 Å². The number of piperidine rings is 1. The standard InChI is InChI=1S/C22H25N5O3/c1-13-8-9-17(19(28)25-13)27-20(29)15-6-5-7-16(18(15)21(27)30)23-10-14-11-24-26(12-14)22(2,3)4/h5-7,11-12,17,23H,1,8-10H2,2-4H3,(H,25,28). The molecule has 3 amide bonds. The van der Waals surface area contributed by atoms with Crippen LogP contribution in [0.1, 0.15) is 59.9 Å². The van der Waals surface area contributed by atoms with E-state index in [0.717, 1.165) is 10.5 Å². The van der Waals surface area contributed by atoms with Crippen molar-refractivity contribution in [2.45, 2.75) is 51.7 Å². The van der Waals surface area contributed by atoms with Crippen LogP contribution in [0.25, 0.3) is 0 Å². The van der Waals surface area contributed by atoms with Crippen LogP contribution in [0.15, 0.2) is 42.9 Å². The lowest BCUT2D eigenvalue weighted by atomic mass is 10.0. The number of carbonyl (C=O) groups excluding carboxylic acids is 3. The second-order valence-corrected chi connectivity index (χ2v) is 8.67. The summed E-state index contributed by atoms with van der Waals surface area (Å²) in [6.07, 6.45) is 4.65. The highest BCUT2D eigenvalue weighted by atomic mass is 16.2. The van der Waals surface area contributed by atoms with Crippen molar-refractivity contribution >= 4 is 23.4 Å². The first-order chi connectivity index (χ1) is 14.2. The highest BCUT2D eigenvalue weighted by Gasteiger charge is 2.44. The van der Waals surface area contributed by atoms with E-state index >= 15 is 0 Å². The van der Waals surface area contributed by atoms with Gasteiger partial charge >= 0.3 is 0 Å². The second-order valence-electron chi connectivity index (χ2n) is 8.67. The zero-order valence-corrected chi connectivity index (χ0v) is 17.4. The zero-order valence-electron chi connectivity index (χ0n) is 17.4. The number of hydrogen-bond donors (Lipinski definition) is 2. The first kappa shape index (κ1) is 19.9. The summed E-state index contributed by atoms with van der Waals surface area (Å²) in [6, 6.07) is 4.31. The average Bonchev–Trinajstić information content (AvgIpc) is 3.25. The Hall–Kier alpha value is -3.42. The summed E-state index contributed by atoms with van der Waals surface area (Å²) in [5, 5.41) is 10.3. The molecule has 0 saturated carbocycles. The number of nitrogens with zero attached hydrogens (tertiary/aromatic N) is 3. The fourth-order valence-corrected chi connectivity index (χ4v) is 3.76. The minimum absolute atomic E-state index is 0.124. The van der Waals surface area contributed by atoms with Crippen molar-refractivity contribution in [1.82, 2.24) is 20.0 Å². The molecule has 2 N–H and O–H groups in total. The van der Waals surface area contributed by atoms with E-state index in [-0.39, 0.29) is 11.4 Å². The van der Waals surface area contributed by atoms with E-state index in [4.69, 9.17) is 0 Å². The molecule has 1 saturated heterocycles. The van der Waals surface area contributed by atoms with Crippen LogP contribution in [0.2, 0.25) is 0 Å². The van der Waals surface area contributed by atoms with Gasteiger partial charge in [-0.05, 0) is 45.7 Å². The maximum atomic E-state index is 13.1. The first-order valence-electron chi connectivity index (χ1n) is 9.94. The average molecular weight is 407 g/mol. The van der Waals surface area contributed by atoms with Gasteiger partial charge in [0, 0.05) is 29.7 Å². The highest BCUT2D eigenvalue weighted by molar-refractivity contribution is 6.25. The number of allylic oxidation sites excluding steroid dienone is 1. The van der Waals surface area contributed by atoms with E-state index in [2.05, 4.69) is 43.1 Å². The van der Waals surface area contributed by atoms with Crippen molar-refractivity contribution in [1.29, 1.82) is 0 Å². The summed E-state index contributed by atoms with van der Waals surface area (Å²) in [7, 11) is 0. The molecule has 1 aromatic heterocycles. The number of amides is 3. The third-order valence-corrected chi connectivity index (χ3v) is 5.39. The molecule has 4 rings (SSSR count). The fraction of sp³-hybridized carbons (Fsp3) is 0.364. The van der Waals surface area contributed by atoms with Gasteiger partial charge in [-0.1, -0.05) is 12.6 Å². The zero-order chi connectivity index (χ0) is 21.6. The quantitative estimate of drug-likeness (QED) is 0.760. The van der Waals surface area contributed by atoms with E-state index in [1.54, 1.807) is 24.4 Å². The van der Waals surface area contributed by atoms with Gasteiger partial charge in [-0.15, -0.1) is 0 Å². The number of imide groups is 1. The molecular formula is C22H25N5O3. The van der Waals surface area contributed by atoms with Crippen LogP contribution in [0.3, 0.4) is 0 Å². The molecule has 1 fully saturated rings. The van der Waals surface area contributed by atoms with Gasteiger partial charge in [0.2, 0.25) is 5.91 Å². The van der Waals surface area contributed by atoms with Crippen molar-refractivity contribution < 1.29 is 14.4 Å². The van der Waals surface area contributed by atoms with Crippen molar-refractivity contribution in [3.05, 3.63) is 59.6 Å². The maximum Gasteiger partial charge on any atom is 0.264 e. The molecule has 1 aromatic carbocycles. The van der Waals surface area contributed by atoms with Crippen molar-refractivity contribution in [3.63, 3.8) is 0 Å². The molecule has 1 atom stereocenters. The summed E-state index contributed by atoms with van der Waals surface area (Å²) in [5.74, 6) is -1.26. The predicted octanol–water partition coefficient (Wildman–Crippen LogP) is 2.64. The Balaban J connectivity index is 1.57. The molecule has 1 unspecified atom stereocenters. The van der Waals surface area contributed by atoms with Crippen LogP contribution in [-0.2, 0) is 16.9 Å². The van der Waals surface area contributed by atoms with Gasteiger partial charge in [0.1, 0.15) is 6.04 Å². The Morgan fingerprint density at radius 3 is 2.67 bits per heavy atom. The van der Waals surface area contributed by atoms with Crippen LogP contribution >= 0.6 is 0 Å². The molecule has 8 nitrogen and oxygen atoms in total. The van der Waals surface area contributed by atoms with Gasteiger partial charge in [0.25, 0.3) is 11.8 Å². The molecule has 0 radical (unpaired) electrons. The number of benzene rings is 1. The molecular weight excluding hydrogens is 382 g/mol. The smallest absolute Gasteiger partial charge is 0.264 e. The Labute approximate surface area is 174 Å². The minimum atomic E-state index is -0.819. The van der Waals surface area contributed by atoms with E-state index in [1.807, 2.05) is 10.9 Å². The SMILES string of the molecule is C=C1CCC(N2C(=O)c3cccc(NCc4cnn(C(C)(C)C)c4)c3C2=O)C(=O)N1. The summed E-state index contributed by atoms with van der Waals surface area (Å²) in [6.45, 7) is 10.4. The second kappa shape index (κ2) is 7.12. The molecule has 8 heteroatoms. The van der Waals surface area contributed by atoms with Gasteiger partial charge in [-0.2, -0.15) is 5.10 Å². The number of fused-ring (bicyclic) bond motifs is 1. The topological polar surface area (TPSA) is 96.3 Å². The number of hydrogen-bond acceptors (Lipinski definition) is 5. The summed E-state index contributed by atoms with van der Waals surface area (Å²) in [4.78, 5) is 39.5. The number of carbonyl (C=O) groups is 3. The van der Waals surface area contributed by atoms with Crippen LogP contribution in [0.4, 0.5) is 5.69 Å². The lowest BCUT2D eigenvalue weighted by Gasteiger charge is -2.29. The normalized spacial score (nSPS) is 19.2. The van der Waals surface area contributed by atoms with Gasteiger partial charge in [-0.25, -0.2) is 0 Å². The summed E-state index contributed by atoms with van der Waals surface area (Å²) >= 11 is 0. The monoisotopic (exact) mass is 407 g/mol. The molecule has 0 spiro atoms. The largest absolute Gasteiger partial charge is 0.380 e. The van der Waals surface area contributed by atoms with E-state index in [0.29, 0.717) is 41.9 Å². The number of anilines is 1. The number of rotatable bonds is 4. The Bertz CT molecular complexity index is 1060. The third-order valence-electron chi connectivity index (χ3n) is 5.39. The lowest BCUT2D eigenvalue weighted by molar-refractivity contribution is -0.125. The molecule has 156 valence electrons. The molecule has 0 bridgehead atoms. The van der Waals surface area contributed by atoms with Crippen LogP contribution in [0.5, 0.6) is 0 Å². The molecule has 2 aliphatic rings. The van der Waals surface area contributed by atoms with Crippen molar-refractivity contribution in [3.8, 4) is 0 Å². The fourth-order valence-electron chi connectivity index (χ4n) is 3.76. The summed E-state index contributed by atoms with van der Waals surface area (Å²) < 4.78 is 1.88. The minimum Gasteiger partial charge on any atom is -0.380 e. The third kappa shape index (κ3) is 3.38.